The molecule has 0 spiro atoms. The Morgan fingerprint density at radius 2 is 1.96 bits per heavy atom. The van der Waals surface area contributed by atoms with E-state index in [9.17, 15) is 0 Å². The van der Waals surface area contributed by atoms with Gasteiger partial charge in [0.2, 0.25) is 0 Å². The monoisotopic (exact) mass is 442 g/mol. The van der Waals surface area contributed by atoms with E-state index in [1.807, 2.05) is 14.0 Å². The van der Waals surface area contributed by atoms with Crippen LogP contribution < -0.4 is 10.6 Å². The lowest BCUT2D eigenvalue weighted by molar-refractivity contribution is 0.0132. The standard InChI is InChI=1S/C16H34N4O2.HI/c1-5-21-9-6-18-16(17-4)19-13-15(12-14(2)3)20-7-10-22-11-8-20;/h14-15H,5-13H2,1-4H3,(H2,17,18,19);1H. The van der Waals surface area contributed by atoms with Crippen molar-refractivity contribution in [2.75, 3.05) is 59.7 Å². The zero-order chi connectivity index (χ0) is 16.2. The van der Waals surface area contributed by atoms with E-state index in [-0.39, 0.29) is 24.0 Å². The van der Waals surface area contributed by atoms with Crippen LogP contribution in [0.5, 0.6) is 0 Å². The fourth-order valence-electron chi connectivity index (χ4n) is 2.67. The van der Waals surface area contributed by atoms with Crippen molar-refractivity contribution in [3.8, 4) is 0 Å². The van der Waals surface area contributed by atoms with E-state index in [1.54, 1.807) is 0 Å². The van der Waals surface area contributed by atoms with E-state index in [4.69, 9.17) is 9.47 Å². The Hall–Kier alpha value is -0.120. The number of rotatable bonds is 9. The molecule has 0 aromatic heterocycles. The van der Waals surface area contributed by atoms with Gasteiger partial charge in [0.15, 0.2) is 5.96 Å². The first-order valence-electron chi connectivity index (χ1n) is 8.51. The Balaban J connectivity index is 0.00000484. The van der Waals surface area contributed by atoms with Gasteiger partial charge in [-0.3, -0.25) is 9.89 Å². The van der Waals surface area contributed by atoms with Gasteiger partial charge in [0.1, 0.15) is 0 Å². The smallest absolute Gasteiger partial charge is 0.191 e. The Morgan fingerprint density at radius 3 is 2.52 bits per heavy atom. The van der Waals surface area contributed by atoms with Crippen LogP contribution in [0.2, 0.25) is 0 Å². The quantitative estimate of drug-likeness (QED) is 0.246. The highest BCUT2D eigenvalue weighted by Crippen LogP contribution is 2.12. The maximum absolute atomic E-state index is 5.47. The molecule has 7 heteroatoms. The molecule has 1 aliphatic rings. The number of halogens is 1. The van der Waals surface area contributed by atoms with E-state index in [1.165, 1.54) is 6.42 Å². The van der Waals surface area contributed by atoms with Gasteiger partial charge in [-0.2, -0.15) is 0 Å². The number of ether oxygens (including phenoxy) is 2. The second-order valence-electron chi connectivity index (χ2n) is 6.01. The molecule has 0 amide bonds. The first-order chi connectivity index (χ1) is 10.7. The predicted octanol–water partition coefficient (Wildman–Crippen LogP) is 1.55. The predicted molar refractivity (Wildman–Crippen MR) is 107 cm³/mol. The molecule has 1 aliphatic heterocycles. The van der Waals surface area contributed by atoms with Gasteiger partial charge >= 0.3 is 0 Å². The van der Waals surface area contributed by atoms with Crippen LogP contribution in [0.15, 0.2) is 4.99 Å². The lowest BCUT2D eigenvalue weighted by Gasteiger charge is -2.35. The molecule has 23 heavy (non-hydrogen) atoms. The minimum atomic E-state index is 0. The van der Waals surface area contributed by atoms with Crippen LogP contribution >= 0.6 is 24.0 Å². The average molecular weight is 442 g/mol. The molecule has 1 fully saturated rings. The summed E-state index contributed by atoms with van der Waals surface area (Å²) in [6.07, 6.45) is 1.18. The molecular formula is C16H35IN4O2. The number of nitrogens with one attached hydrogen (secondary N) is 2. The van der Waals surface area contributed by atoms with Crippen molar-refractivity contribution in [3.63, 3.8) is 0 Å². The van der Waals surface area contributed by atoms with Crippen LogP contribution in [0.25, 0.3) is 0 Å². The maximum Gasteiger partial charge on any atom is 0.191 e. The van der Waals surface area contributed by atoms with E-state index in [0.29, 0.717) is 18.6 Å². The van der Waals surface area contributed by atoms with Crippen LogP contribution in [-0.4, -0.2) is 76.6 Å². The number of morpholine rings is 1. The number of hydrogen-bond acceptors (Lipinski definition) is 4. The summed E-state index contributed by atoms with van der Waals surface area (Å²) in [6, 6.07) is 0.523. The average Bonchev–Trinajstić information content (AvgIpc) is 2.53. The van der Waals surface area contributed by atoms with Crippen molar-refractivity contribution < 1.29 is 9.47 Å². The summed E-state index contributed by atoms with van der Waals surface area (Å²) in [5, 5.41) is 6.74. The van der Waals surface area contributed by atoms with Gasteiger partial charge in [0.25, 0.3) is 0 Å². The molecule has 1 heterocycles. The van der Waals surface area contributed by atoms with Crippen molar-refractivity contribution in [2.45, 2.75) is 33.2 Å². The van der Waals surface area contributed by atoms with E-state index >= 15 is 0 Å². The third kappa shape index (κ3) is 10.4. The fraction of sp³-hybridized carbons (Fsp3) is 0.938. The lowest BCUT2D eigenvalue weighted by Crippen LogP contribution is -2.51. The summed E-state index contributed by atoms with van der Waals surface area (Å²) in [7, 11) is 1.81. The van der Waals surface area contributed by atoms with Gasteiger partial charge in [-0.05, 0) is 19.3 Å². The van der Waals surface area contributed by atoms with Gasteiger partial charge in [0, 0.05) is 45.9 Å². The summed E-state index contributed by atoms with van der Waals surface area (Å²) >= 11 is 0. The highest BCUT2D eigenvalue weighted by atomic mass is 127. The minimum Gasteiger partial charge on any atom is -0.380 e. The van der Waals surface area contributed by atoms with Crippen LogP contribution in [0.4, 0.5) is 0 Å². The minimum absolute atomic E-state index is 0. The lowest BCUT2D eigenvalue weighted by atomic mass is 10.0. The summed E-state index contributed by atoms with van der Waals surface area (Å²) in [6.45, 7) is 13.4. The molecule has 138 valence electrons. The van der Waals surface area contributed by atoms with Crippen LogP contribution in [0.1, 0.15) is 27.2 Å². The zero-order valence-corrected chi connectivity index (χ0v) is 17.5. The van der Waals surface area contributed by atoms with Crippen molar-refractivity contribution in [1.29, 1.82) is 0 Å². The molecule has 1 atom stereocenters. The van der Waals surface area contributed by atoms with Gasteiger partial charge in [-0.25, -0.2) is 0 Å². The molecule has 0 saturated carbocycles. The highest BCUT2D eigenvalue weighted by Gasteiger charge is 2.22. The van der Waals surface area contributed by atoms with Gasteiger partial charge in [-0.1, -0.05) is 13.8 Å². The van der Waals surface area contributed by atoms with Crippen LogP contribution in [0, 0.1) is 5.92 Å². The normalized spacial score (nSPS) is 17.7. The molecule has 0 bridgehead atoms. The molecule has 1 saturated heterocycles. The molecule has 0 radical (unpaired) electrons. The molecule has 6 nitrogen and oxygen atoms in total. The van der Waals surface area contributed by atoms with E-state index < -0.39 is 0 Å². The summed E-state index contributed by atoms with van der Waals surface area (Å²) in [5.74, 6) is 1.53. The summed E-state index contributed by atoms with van der Waals surface area (Å²) in [5.41, 5.74) is 0. The number of guanidine groups is 1. The van der Waals surface area contributed by atoms with Gasteiger partial charge in [0.05, 0.1) is 19.8 Å². The number of hydrogen-bond donors (Lipinski definition) is 2. The topological polar surface area (TPSA) is 58.1 Å². The van der Waals surface area contributed by atoms with Gasteiger partial charge < -0.3 is 20.1 Å². The van der Waals surface area contributed by atoms with E-state index in [2.05, 4.69) is 34.4 Å². The van der Waals surface area contributed by atoms with E-state index in [0.717, 1.165) is 52.0 Å². The Kier molecular flexibility index (Phi) is 14.2. The molecule has 0 aromatic carbocycles. The Morgan fingerprint density at radius 1 is 1.26 bits per heavy atom. The largest absolute Gasteiger partial charge is 0.380 e. The second kappa shape index (κ2) is 14.2. The first-order valence-corrected chi connectivity index (χ1v) is 8.51. The molecular weight excluding hydrogens is 407 g/mol. The summed E-state index contributed by atoms with van der Waals surface area (Å²) in [4.78, 5) is 6.81. The third-order valence-electron chi connectivity index (χ3n) is 3.78. The zero-order valence-electron chi connectivity index (χ0n) is 15.1. The van der Waals surface area contributed by atoms with Crippen LogP contribution in [-0.2, 0) is 9.47 Å². The SMILES string of the molecule is CCOCCNC(=NC)NCC(CC(C)C)N1CCOCC1.I. The van der Waals surface area contributed by atoms with Gasteiger partial charge in [-0.15, -0.1) is 24.0 Å². The van der Waals surface area contributed by atoms with Crippen molar-refractivity contribution >= 4 is 29.9 Å². The summed E-state index contributed by atoms with van der Waals surface area (Å²) < 4.78 is 10.8. The van der Waals surface area contributed by atoms with Crippen LogP contribution in [0.3, 0.4) is 0 Å². The number of nitrogens with zero attached hydrogens (tertiary/aromatic N) is 2. The Labute approximate surface area is 158 Å². The maximum atomic E-state index is 5.47. The van der Waals surface area contributed by atoms with Crippen molar-refractivity contribution in [3.05, 3.63) is 0 Å². The molecule has 1 unspecified atom stereocenters. The first kappa shape index (κ1) is 22.9. The highest BCUT2D eigenvalue weighted by molar-refractivity contribution is 14.0. The third-order valence-corrected chi connectivity index (χ3v) is 3.78. The second-order valence-corrected chi connectivity index (χ2v) is 6.01. The molecule has 0 aromatic rings. The van der Waals surface area contributed by atoms with Crippen molar-refractivity contribution in [2.24, 2.45) is 10.9 Å². The number of aliphatic imine (C=N–C) groups is 1. The Bertz CT molecular complexity index is 310. The fourth-order valence-corrected chi connectivity index (χ4v) is 2.67. The molecule has 2 N–H and O–H groups in total. The molecule has 1 rings (SSSR count). The van der Waals surface area contributed by atoms with Crippen molar-refractivity contribution in [1.82, 2.24) is 15.5 Å². The molecule has 0 aliphatic carbocycles.